The van der Waals surface area contributed by atoms with Gasteiger partial charge in [0.1, 0.15) is 5.76 Å². The third-order valence-electron chi connectivity index (χ3n) is 2.56. The highest BCUT2D eigenvalue weighted by molar-refractivity contribution is 7.12. The van der Waals surface area contributed by atoms with Crippen LogP contribution >= 0.6 is 11.3 Å². The number of aryl methyl sites for hydroxylation is 1. The van der Waals surface area contributed by atoms with Gasteiger partial charge in [-0.2, -0.15) is 0 Å². The Balaban J connectivity index is 2.10. The van der Waals surface area contributed by atoms with E-state index in [1.165, 1.54) is 9.75 Å². The number of rotatable bonds is 5. The summed E-state index contributed by atoms with van der Waals surface area (Å²) in [6, 6.07) is 8.30. The Morgan fingerprint density at radius 1 is 1.44 bits per heavy atom. The number of nitrogens with two attached hydrogens (primary N) is 1. The SMILES string of the molecule is CCc1ccc(C(Cc2ccco2)NN)s1. The fraction of sp³-hybridized carbons (Fsp3) is 0.333. The first kappa shape index (κ1) is 11.4. The summed E-state index contributed by atoms with van der Waals surface area (Å²) in [5, 5.41) is 0. The predicted octanol–water partition coefficient (Wildman–Crippen LogP) is 2.65. The van der Waals surface area contributed by atoms with Crippen molar-refractivity contribution in [1.29, 1.82) is 0 Å². The molecule has 0 radical (unpaired) electrons. The van der Waals surface area contributed by atoms with Gasteiger partial charge in [0, 0.05) is 16.2 Å². The van der Waals surface area contributed by atoms with Crippen molar-refractivity contribution in [1.82, 2.24) is 5.43 Å². The van der Waals surface area contributed by atoms with E-state index in [4.69, 9.17) is 10.3 Å². The zero-order valence-electron chi connectivity index (χ0n) is 9.27. The summed E-state index contributed by atoms with van der Waals surface area (Å²) in [5.74, 6) is 6.54. The van der Waals surface area contributed by atoms with E-state index in [0.29, 0.717) is 0 Å². The molecule has 0 saturated heterocycles. The van der Waals surface area contributed by atoms with E-state index in [9.17, 15) is 0 Å². The summed E-state index contributed by atoms with van der Waals surface area (Å²) in [7, 11) is 0. The maximum atomic E-state index is 5.59. The van der Waals surface area contributed by atoms with Gasteiger partial charge in [0.2, 0.25) is 0 Å². The molecule has 2 aromatic rings. The number of nitrogens with one attached hydrogen (secondary N) is 1. The molecule has 16 heavy (non-hydrogen) atoms. The quantitative estimate of drug-likeness (QED) is 0.620. The van der Waals surface area contributed by atoms with Gasteiger partial charge in [0.15, 0.2) is 0 Å². The molecule has 0 spiro atoms. The van der Waals surface area contributed by atoms with Crippen LogP contribution in [0.2, 0.25) is 0 Å². The van der Waals surface area contributed by atoms with E-state index in [-0.39, 0.29) is 6.04 Å². The lowest BCUT2D eigenvalue weighted by atomic mass is 10.1. The Kier molecular flexibility index (Phi) is 3.77. The minimum absolute atomic E-state index is 0.136. The molecule has 0 aliphatic rings. The first-order valence-corrected chi connectivity index (χ1v) is 6.22. The van der Waals surface area contributed by atoms with E-state index in [2.05, 4.69) is 24.5 Å². The molecule has 0 fully saturated rings. The molecule has 0 aromatic carbocycles. The molecule has 86 valence electrons. The third-order valence-corrected chi connectivity index (χ3v) is 3.90. The van der Waals surface area contributed by atoms with Crippen LogP contribution in [0.4, 0.5) is 0 Å². The fourth-order valence-corrected chi connectivity index (χ4v) is 2.66. The Labute approximate surface area is 99.2 Å². The number of hydrogen-bond acceptors (Lipinski definition) is 4. The summed E-state index contributed by atoms with van der Waals surface area (Å²) in [6.45, 7) is 2.16. The summed E-state index contributed by atoms with van der Waals surface area (Å²) in [4.78, 5) is 2.64. The fourth-order valence-electron chi connectivity index (χ4n) is 1.64. The molecule has 2 heterocycles. The van der Waals surface area contributed by atoms with Crippen LogP contribution in [0.15, 0.2) is 34.9 Å². The molecule has 4 heteroatoms. The lowest BCUT2D eigenvalue weighted by molar-refractivity contribution is 0.458. The van der Waals surface area contributed by atoms with Gasteiger partial charge in [-0.1, -0.05) is 6.92 Å². The highest BCUT2D eigenvalue weighted by atomic mass is 32.1. The zero-order chi connectivity index (χ0) is 11.4. The minimum atomic E-state index is 0.136. The average Bonchev–Trinajstić information content (AvgIpc) is 2.96. The van der Waals surface area contributed by atoms with Gasteiger partial charge in [0.05, 0.1) is 12.3 Å². The van der Waals surface area contributed by atoms with Crippen LogP contribution in [0.25, 0.3) is 0 Å². The molecule has 3 nitrogen and oxygen atoms in total. The number of hydrazine groups is 1. The number of thiophene rings is 1. The number of furan rings is 1. The monoisotopic (exact) mass is 236 g/mol. The van der Waals surface area contributed by atoms with Gasteiger partial charge in [-0.25, -0.2) is 0 Å². The average molecular weight is 236 g/mol. The Morgan fingerprint density at radius 3 is 2.88 bits per heavy atom. The number of hydrogen-bond donors (Lipinski definition) is 2. The van der Waals surface area contributed by atoms with E-state index >= 15 is 0 Å². The van der Waals surface area contributed by atoms with E-state index < -0.39 is 0 Å². The van der Waals surface area contributed by atoms with Crippen molar-refractivity contribution in [2.45, 2.75) is 25.8 Å². The molecule has 0 amide bonds. The second-order valence-electron chi connectivity index (χ2n) is 3.66. The van der Waals surface area contributed by atoms with Gasteiger partial charge >= 0.3 is 0 Å². The molecule has 0 saturated carbocycles. The van der Waals surface area contributed by atoms with Crippen molar-refractivity contribution in [3.05, 3.63) is 46.0 Å². The van der Waals surface area contributed by atoms with Crippen molar-refractivity contribution in [3.63, 3.8) is 0 Å². The van der Waals surface area contributed by atoms with Gasteiger partial charge in [-0.15, -0.1) is 11.3 Å². The van der Waals surface area contributed by atoms with E-state index in [1.54, 1.807) is 17.6 Å². The highest BCUT2D eigenvalue weighted by Crippen LogP contribution is 2.26. The molecule has 0 bridgehead atoms. The lowest BCUT2D eigenvalue weighted by Gasteiger charge is -2.12. The Morgan fingerprint density at radius 2 is 2.31 bits per heavy atom. The second-order valence-corrected chi connectivity index (χ2v) is 4.86. The van der Waals surface area contributed by atoms with Crippen LogP contribution in [-0.2, 0) is 12.8 Å². The summed E-state index contributed by atoms with van der Waals surface area (Å²) < 4.78 is 5.33. The molecule has 0 aliphatic heterocycles. The van der Waals surface area contributed by atoms with E-state index in [0.717, 1.165) is 18.6 Å². The van der Waals surface area contributed by atoms with Crippen LogP contribution in [0.3, 0.4) is 0 Å². The molecule has 0 aliphatic carbocycles. The van der Waals surface area contributed by atoms with Crippen LogP contribution in [0.1, 0.15) is 28.5 Å². The smallest absolute Gasteiger partial charge is 0.105 e. The highest BCUT2D eigenvalue weighted by Gasteiger charge is 2.14. The van der Waals surface area contributed by atoms with Crippen LogP contribution in [-0.4, -0.2) is 0 Å². The molecule has 2 aromatic heterocycles. The standard InChI is InChI=1S/C12H16N2OS/c1-2-10-5-6-12(16-10)11(14-13)8-9-4-3-7-15-9/h3-7,11,14H,2,8,13H2,1H3. The zero-order valence-corrected chi connectivity index (χ0v) is 10.1. The maximum absolute atomic E-state index is 5.59. The van der Waals surface area contributed by atoms with Gasteiger partial charge in [-0.05, 0) is 30.7 Å². The summed E-state index contributed by atoms with van der Waals surface area (Å²) in [5.41, 5.74) is 2.84. The largest absolute Gasteiger partial charge is 0.469 e. The molecule has 1 unspecified atom stereocenters. The molecular formula is C12H16N2OS. The van der Waals surface area contributed by atoms with Gasteiger partial charge in [0.25, 0.3) is 0 Å². The summed E-state index contributed by atoms with van der Waals surface area (Å²) >= 11 is 1.80. The first-order valence-electron chi connectivity index (χ1n) is 5.40. The Bertz CT molecular complexity index is 422. The minimum Gasteiger partial charge on any atom is -0.469 e. The lowest BCUT2D eigenvalue weighted by Crippen LogP contribution is -2.28. The third kappa shape index (κ3) is 2.52. The molecule has 1 atom stereocenters. The van der Waals surface area contributed by atoms with Crippen LogP contribution < -0.4 is 11.3 Å². The van der Waals surface area contributed by atoms with Crippen LogP contribution in [0.5, 0.6) is 0 Å². The maximum Gasteiger partial charge on any atom is 0.105 e. The van der Waals surface area contributed by atoms with E-state index in [1.807, 2.05) is 12.1 Å². The van der Waals surface area contributed by atoms with Crippen LogP contribution in [0, 0.1) is 0 Å². The summed E-state index contributed by atoms with van der Waals surface area (Å²) in [6.07, 6.45) is 3.55. The first-order chi connectivity index (χ1) is 7.83. The Hall–Kier alpha value is -1.10. The van der Waals surface area contributed by atoms with Crippen molar-refractivity contribution >= 4 is 11.3 Å². The molecule has 3 N–H and O–H groups in total. The van der Waals surface area contributed by atoms with Gasteiger partial charge < -0.3 is 4.42 Å². The topological polar surface area (TPSA) is 51.2 Å². The molecular weight excluding hydrogens is 220 g/mol. The van der Waals surface area contributed by atoms with Crippen molar-refractivity contribution < 1.29 is 4.42 Å². The van der Waals surface area contributed by atoms with Crippen molar-refractivity contribution in [2.75, 3.05) is 0 Å². The molecule has 2 rings (SSSR count). The predicted molar refractivity (Wildman–Crippen MR) is 66.2 cm³/mol. The normalized spacial score (nSPS) is 12.9. The van der Waals surface area contributed by atoms with Gasteiger partial charge in [-0.3, -0.25) is 11.3 Å². The van der Waals surface area contributed by atoms with Crippen molar-refractivity contribution in [3.8, 4) is 0 Å². The van der Waals surface area contributed by atoms with Crippen molar-refractivity contribution in [2.24, 2.45) is 5.84 Å². The second kappa shape index (κ2) is 5.30.